The Balaban J connectivity index is 1.65. The molecule has 0 radical (unpaired) electrons. The lowest BCUT2D eigenvalue weighted by Crippen LogP contribution is -2.31. The van der Waals surface area contributed by atoms with Crippen LogP contribution in [0.1, 0.15) is 36.4 Å². The van der Waals surface area contributed by atoms with Crippen LogP contribution in [0.15, 0.2) is 12.4 Å². The highest BCUT2D eigenvalue weighted by atomic mass is 15.3. The predicted octanol–water partition coefficient (Wildman–Crippen LogP) is 1.54. The summed E-state index contributed by atoms with van der Waals surface area (Å²) < 4.78 is 1.86. The van der Waals surface area contributed by atoms with E-state index in [4.69, 9.17) is 0 Å². The number of hydrogen-bond donors (Lipinski definition) is 1. The summed E-state index contributed by atoms with van der Waals surface area (Å²) in [5.41, 5.74) is 5.19. The Morgan fingerprint density at radius 2 is 2.23 bits per heavy atom. The Morgan fingerprint density at radius 3 is 2.91 bits per heavy atom. The number of nitrogens with one attached hydrogen (secondary N) is 1. The summed E-state index contributed by atoms with van der Waals surface area (Å²) in [5.74, 6) is 0. The highest BCUT2D eigenvalue weighted by Crippen LogP contribution is 2.22. The minimum absolute atomic E-state index is 0.540. The second-order valence-corrected chi connectivity index (χ2v) is 6.62. The normalized spacial score (nSPS) is 15.7. The Labute approximate surface area is 132 Å². The van der Waals surface area contributed by atoms with Gasteiger partial charge in [-0.1, -0.05) is 0 Å². The number of aryl methyl sites for hydroxylation is 1. The second-order valence-electron chi connectivity index (χ2n) is 6.62. The predicted molar refractivity (Wildman–Crippen MR) is 86.2 cm³/mol. The second kappa shape index (κ2) is 6.22. The Kier molecular flexibility index (Phi) is 4.31. The molecule has 0 saturated heterocycles. The third-order valence-electron chi connectivity index (χ3n) is 4.54. The van der Waals surface area contributed by atoms with Crippen molar-refractivity contribution in [3.63, 3.8) is 0 Å². The summed E-state index contributed by atoms with van der Waals surface area (Å²) in [6.07, 6.45) is 5.12. The average molecular weight is 302 g/mol. The zero-order valence-electron chi connectivity index (χ0n) is 14.0. The molecule has 120 valence electrons. The van der Waals surface area contributed by atoms with Crippen LogP contribution in [0, 0.1) is 0 Å². The van der Waals surface area contributed by atoms with Gasteiger partial charge in [-0.2, -0.15) is 10.2 Å². The Morgan fingerprint density at radius 1 is 1.41 bits per heavy atom. The summed E-state index contributed by atoms with van der Waals surface area (Å²) in [7, 11) is 4.12. The van der Waals surface area contributed by atoms with Crippen molar-refractivity contribution >= 4 is 0 Å². The number of H-pyrrole nitrogens is 1. The quantitative estimate of drug-likeness (QED) is 0.910. The minimum Gasteiger partial charge on any atom is -0.298 e. The van der Waals surface area contributed by atoms with Gasteiger partial charge in [0.15, 0.2) is 0 Å². The maximum absolute atomic E-state index is 4.56. The van der Waals surface area contributed by atoms with Gasteiger partial charge in [0.2, 0.25) is 0 Å². The first kappa shape index (κ1) is 15.2. The van der Waals surface area contributed by atoms with Gasteiger partial charge in [0.05, 0.1) is 17.6 Å². The summed E-state index contributed by atoms with van der Waals surface area (Å²) >= 11 is 0. The van der Waals surface area contributed by atoms with Gasteiger partial charge >= 0.3 is 0 Å². The summed E-state index contributed by atoms with van der Waals surface area (Å²) in [6.45, 7) is 8.34. The molecular weight excluding hydrogens is 276 g/mol. The van der Waals surface area contributed by atoms with Gasteiger partial charge in [0.1, 0.15) is 0 Å². The molecule has 0 aromatic carbocycles. The fourth-order valence-electron chi connectivity index (χ4n) is 2.94. The molecule has 1 aliphatic heterocycles. The number of aromatic amines is 1. The molecule has 0 bridgehead atoms. The summed E-state index contributed by atoms with van der Waals surface area (Å²) in [6, 6.07) is 0.540. The van der Waals surface area contributed by atoms with Crippen molar-refractivity contribution in [3.8, 4) is 0 Å². The van der Waals surface area contributed by atoms with Gasteiger partial charge in [-0.3, -0.25) is 19.6 Å². The molecule has 0 atom stereocenters. The number of aromatic nitrogens is 4. The van der Waals surface area contributed by atoms with Crippen molar-refractivity contribution in [3.05, 3.63) is 34.9 Å². The molecule has 0 spiro atoms. The number of hydrogen-bond acceptors (Lipinski definition) is 4. The monoisotopic (exact) mass is 302 g/mol. The Hall–Kier alpha value is -1.66. The van der Waals surface area contributed by atoms with Gasteiger partial charge in [-0.05, 0) is 27.3 Å². The number of fused-ring (bicyclic) bond motifs is 1. The molecule has 3 rings (SSSR count). The lowest BCUT2D eigenvalue weighted by atomic mass is 10.0. The first-order valence-corrected chi connectivity index (χ1v) is 7.98. The van der Waals surface area contributed by atoms with E-state index in [-0.39, 0.29) is 0 Å². The maximum atomic E-state index is 4.56. The molecule has 0 unspecified atom stereocenters. The van der Waals surface area contributed by atoms with Crippen LogP contribution in [0.25, 0.3) is 0 Å². The smallest absolute Gasteiger partial charge is 0.0798 e. The van der Waals surface area contributed by atoms with E-state index < -0.39 is 0 Å². The molecule has 1 aliphatic rings. The summed E-state index contributed by atoms with van der Waals surface area (Å²) in [4.78, 5) is 4.78. The molecule has 2 aromatic rings. The van der Waals surface area contributed by atoms with Gasteiger partial charge < -0.3 is 0 Å². The Bertz CT molecular complexity index is 626. The first-order chi connectivity index (χ1) is 10.5. The van der Waals surface area contributed by atoms with Gasteiger partial charge in [-0.15, -0.1) is 0 Å². The molecule has 2 aromatic heterocycles. The van der Waals surface area contributed by atoms with Crippen LogP contribution in [0.2, 0.25) is 0 Å². The first-order valence-electron chi connectivity index (χ1n) is 7.98. The maximum Gasteiger partial charge on any atom is 0.0798 e. The molecule has 1 N–H and O–H groups in total. The van der Waals surface area contributed by atoms with Gasteiger partial charge in [0, 0.05) is 56.6 Å². The molecule has 6 nitrogen and oxygen atoms in total. The SMILES string of the molecule is CC(C)N(C)Cc1n[nH]c2c1CCN(Cc1cnn(C)c1)C2. The van der Waals surface area contributed by atoms with Gasteiger partial charge in [0.25, 0.3) is 0 Å². The van der Waals surface area contributed by atoms with Gasteiger partial charge in [-0.25, -0.2) is 0 Å². The van der Waals surface area contributed by atoms with Crippen molar-refractivity contribution in [1.82, 2.24) is 29.8 Å². The van der Waals surface area contributed by atoms with Crippen LogP contribution < -0.4 is 0 Å². The third-order valence-corrected chi connectivity index (χ3v) is 4.54. The minimum atomic E-state index is 0.540. The van der Waals surface area contributed by atoms with Crippen LogP contribution in [0.3, 0.4) is 0 Å². The van der Waals surface area contributed by atoms with Crippen molar-refractivity contribution in [2.75, 3.05) is 13.6 Å². The lowest BCUT2D eigenvalue weighted by molar-refractivity contribution is 0.239. The molecule has 3 heterocycles. The number of rotatable bonds is 5. The molecule has 6 heteroatoms. The van der Waals surface area contributed by atoms with Crippen molar-refractivity contribution in [2.45, 2.75) is 45.9 Å². The molecule has 0 amide bonds. The molecule has 22 heavy (non-hydrogen) atoms. The third kappa shape index (κ3) is 3.23. The fraction of sp³-hybridized carbons (Fsp3) is 0.625. The molecule has 0 aliphatic carbocycles. The van der Waals surface area contributed by atoms with Crippen LogP contribution in [0.5, 0.6) is 0 Å². The van der Waals surface area contributed by atoms with Crippen LogP contribution in [0.4, 0.5) is 0 Å². The van der Waals surface area contributed by atoms with E-state index in [0.29, 0.717) is 6.04 Å². The van der Waals surface area contributed by atoms with Crippen molar-refractivity contribution in [1.29, 1.82) is 0 Å². The van der Waals surface area contributed by atoms with E-state index >= 15 is 0 Å². The van der Waals surface area contributed by atoms with Crippen LogP contribution >= 0.6 is 0 Å². The lowest BCUT2D eigenvalue weighted by Gasteiger charge is -2.27. The molecule has 0 saturated carbocycles. The highest BCUT2D eigenvalue weighted by Gasteiger charge is 2.22. The summed E-state index contributed by atoms with van der Waals surface area (Å²) in [5, 5.41) is 12.1. The zero-order valence-corrected chi connectivity index (χ0v) is 14.0. The average Bonchev–Trinajstić information content (AvgIpc) is 3.05. The standard InChI is InChI=1S/C16H26N6/c1-12(2)20(3)10-15-14-5-6-22(11-16(14)19-18-15)9-13-7-17-21(4)8-13/h7-8,12H,5-6,9-11H2,1-4H3,(H,18,19). The van der Waals surface area contributed by atoms with E-state index in [1.54, 1.807) is 0 Å². The fourth-order valence-corrected chi connectivity index (χ4v) is 2.94. The van der Waals surface area contributed by atoms with E-state index in [1.165, 1.54) is 22.5 Å². The van der Waals surface area contributed by atoms with E-state index in [1.807, 2.05) is 17.9 Å². The van der Waals surface area contributed by atoms with E-state index in [9.17, 15) is 0 Å². The van der Waals surface area contributed by atoms with Crippen LogP contribution in [-0.4, -0.2) is 49.4 Å². The van der Waals surface area contributed by atoms with E-state index in [0.717, 1.165) is 32.6 Å². The number of nitrogens with zero attached hydrogens (tertiary/aromatic N) is 5. The van der Waals surface area contributed by atoms with Crippen molar-refractivity contribution in [2.24, 2.45) is 7.05 Å². The molecular formula is C16H26N6. The largest absolute Gasteiger partial charge is 0.298 e. The topological polar surface area (TPSA) is 53.0 Å². The highest BCUT2D eigenvalue weighted by molar-refractivity contribution is 5.28. The van der Waals surface area contributed by atoms with Crippen molar-refractivity contribution < 1.29 is 0 Å². The van der Waals surface area contributed by atoms with Crippen LogP contribution in [-0.2, 0) is 33.1 Å². The molecule has 0 fully saturated rings. The van der Waals surface area contributed by atoms with E-state index in [2.05, 4.69) is 52.2 Å². The zero-order chi connectivity index (χ0) is 15.7.